The van der Waals surface area contributed by atoms with Gasteiger partial charge in [-0.15, -0.1) is 0 Å². The molecule has 1 aromatic carbocycles. The molecule has 1 fully saturated rings. The van der Waals surface area contributed by atoms with E-state index in [0.717, 1.165) is 17.7 Å². The molecule has 7 heteroatoms. The van der Waals surface area contributed by atoms with Crippen molar-refractivity contribution in [3.63, 3.8) is 0 Å². The Morgan fingerprint density at radius 2 is 2.06 bits per heavy atom. The maximum absolute atomic E-state index is 13.2. The summed E-state index contributed by atoms with van der Waals surface area (Å²) in [5.74, 6) is 0.556. The second-order valence-corrected chi connectivity index (χ2v) is 8.14. The molecule has 1 atom stereocenters. The molecule has 0 bridgehead atoms. The molecule has 7 nitrogen and oxygen atoms in total. The van der Waals surface area contributed by atoms with E-state index in [2.05, 4.69) is 13.8 Å². The van der Waals surface area contributed by atoms with E-state index < -0.39 is 11.8 Å². The van der Waals surface area contributed by atoms with Crippen molar-refractivity contribution in [2.24, 2.45) is 5.92 Å². The van der Waals surface area contributed by atoms with Crippen molar-refractivity contribution in [3.8, 4) is 17.6 Å². The second-order valence-electron chi connectivity index (χ2n) is 8.14. The molecule has 0 N–H and O–H groups in total. The molecular weight excluding hydrogens is 396 g/mol. The highest BCUT2D eigenvalue weighted by molar-refractivity contribution is 6.19. The van der Waals surface area contributed by atoms with Gasteiger partial charge >= 0.3 is 0 Å². The third-order valence-electron chi connectivity index (χ3n) is 5.31. The van der Waals surface area contributed by atoms with Crippen LogP contribution in [0.5, 0.6) is 11.5 Å². The molecule has 1 aromatic rings. The van der Waals surface area contributed by atoms with Crippen molar-refractivity contribution >= 4 is 17.9 Å². The Labute approximate surface area is 182 Å². The molecule has 1 unspecified atom stereocenters. The van der Waals surface area contributed by atoms with Crippen LogP contribution in [0.15, 0.2) is 34.9 Å². The first kappa shape index (κ1) is 22.6. The SMILES string of the molecule is COc1cc(/C=C2/C(=O)N(CC3CCCO3)C(=O)C(C#N)=C2C)ccc1OCC(C)C. The van der Waals surface area contributed by atoms with Crippen molar-refractivity contribution in [1.82, 2.24) is 4.90 Å². The fourth-order valence-electron chi connectivity index (χ4n) is 3.60. The van der Waals surface area contributed by atoms with Gasteiger partial charge < -0.3 is 14.2 Å². The number of benzene rings is 1. The first-order valence-corrected chi connectivity index (χ1v) is 10.5. The van der Waals surface area contributed by atoms with Crippen molar-refractivity contribution < 1.29 is 23.8 Å². The second kappa shape index (κ2) is 9.80. The summed E-state index contributed by atoms with van der Waals surface area (Å²) >= 11 is 0. The van der Waals surface area contributed by atoms with Gasteiger partial charge in [0.05, 0.1) is 26.4 Å². The molecule has 2 aliphatic heterocycles. The molecule has 0 radical (unpaired) electrons. The van der Waals surface area contributed by atoms with Gasteiger partial charge in [0.25, 0.3) is 11.8 Å². The molecule has 0 saturated carbocycles. The van der Waals surface area contributed by atoms with Gasteiger partial charge in [-0.1, -0.05) is 19.9 Å². The van der Waals surface area contributed by atoms with Crippen molar-refractivity contribution in [3.05, 3.63) is 40.5 Å². The Morgan fingerprint density at radius 3 is 2.68 bits per heavy atom. The molecule has 0 spiro atoms. The molecule has 2 aliphatic rings. The standard InChI is InChI=1S/C24H28N2O5/c1-15(2)14-31-21-8-7-17(11-22(21)29-4)10-19-16(3)20(12-25)24(28)26(23(19)27)13-18-6-5-9-30-18/h7-8,10-11,15,18H,5-6,9,13-14H2,1-4H3/b19-10+. The van der Waals surface area contributed by atoms with E-state index in [9.17, 15) is 14.9 Å². The third kappa shape index (κ3) is 4.97. The topological polar surface area (TPSA) is 88.9 Å². The zero-order chi connectivity index (χ0) is 22.5. The highest BCUT2D eigenvalue weighted by Crippen LogP contribution is 2.32. The summed E-state index contributed by atoms with van der Waals surface area (Å²) in [5.41, 5.74) is 1.38. The van der Waals surface area contributed by atoms with Crippen LogP contribution >= 0.6 is 0 Å². The van der Waals surface area contributed by atoms with Gasteiger partial charge in [0.1, 0.15) is 11.6 Å². The summed E-state index contributed by atoms with van der Waals surface area (Å²) in [4.78, 5) is 27.1. The lowest BCUT2D eigenvalue weighted by molar-refractivity contribution is -0.142. The first-order valence-electron chi connectivity index (χ1n) is 10.5. The number of nitriles is 1. The van der Waals surface area contributed by atoms with Gasteiger partial charge in [-0.3, -0.25) is 14.5 Å². The van der Waals surface area contributed by atoms with E-state index in [1.165, 1.54) is 0 Å². The predicted octanol–water partition coefficient (Wildman–Crippen LogP) is 3.50. The lowest BCUT2D eigenvalue weighted by Gasteiger charge is -2.29. The quantitative estimate of drug-likeness (QED) is 0.492. The number of carbonyl (C=O) groups excluding carboxylic acids is 2. The van der Waals surface area contributed by atoms with E-state index in [1.807, 2.05) is 12.1 Å². The molecule has 1 saturated heterocycles. The Bertz CT molecular complexity index is 965. The monoisotopic (exact) mass is 424 g/mol. The van der Waals surface area contributed by atoms with Crippen molar-refractivity contribution in [2.75, 3.05) is 26.9 Å². The van der Waals surface area contributed by atoms with Gasteiger partial charge in [-0.25, -0.2) is 0 Å². The van der Waals surface area contributed by atoms with E-state index in [-0.39, 0.29) is 18.2 Å². The van der Waals surface area contributed by atoms with E-state index in [0.29, 0.717) is 47.3 Å². The van der Waals surface area contributed by atoms with Crippen LogP contribution in [0.3, 0.4) is 0 Å². The molecule has 0 aromatic heterocycles. The van der Waals surface area contributed by atoms with Crippen LogP contribution in [0.2, 0.25) is 0 Å². The summed E-state index contributed by atoms with van der Waals surface area (Å²) < 4.78 is 16.8. The van der Waals surface area contributed by atoms with Gasteiger partial charge in [-0.2, -0.15) is 5.26 Å². The third-order valence-corrected chi connectivity index (χ3v) is 5.31. The van der Waals surface area contributed by atoms with Crippen molar-refractivity contribution in [2.45, 2.75) is 39.7 Å². The number of ether oxygens (including phenoxy) is 3. The van der Waals surface area contributed by atoms with E-state index >= 15 is 0 Å². The number of nitrogens with zero attached hydrogens (tertiary/aromatic N) is 2. The van der Waals surface area contributed by atoms with Crippen LogP contribution in [0, 0.1) is 17.2 Å². The van der Waals surface area contributed by atoms with Crippen LogP contribution in [-0.2, 0) is 14.3 Å². The highest BCUT2D eigenvalue weighted by Gasteiger charge is 2.37. The van der Waals surface area contributed by atoms with Gasteiger partial charge in [0.2, 0.25) is 0 Å². The van der Waals surface area contributed by atoms with Gasteiger partial charge in [-0.05, 0) is 55.0 Å². The predicted molar refractivity (Wildman–Crippen MR) is 115 cm³/mol. The van der Waals surface area contributed by atoms with E-state index in [4.69, 9.17) is 14.2 Å². The maximum Gasteiger partial charge on any atom is 0.271 e. The number of amides is 2. The number of hydrogen-bond acceptors (Lipinski definition) is 6. The summed E-state index contributed by atoms with van der Waals surface area (Å²) in [5, 5.41) is 9.54. The maximum atomic E-state index is 13.2. The smallest absolute Gasteiger partial charge is 0.271 e. The summed E-state index contributed by atoms with van der Waals surface area (Å²) in [6.07, 6.45) is 3.17. The number of imide groups is 1. The summed E-state index contributed by atoms with van der Waals surface area (Å²) in [6, 6.07) is 7.35. The Morgan fingerprint density at radius 1 is 1.29 bits per heavy atom. The molecule has 164 valence electrons. The zero-order valence-corrected chi connectivity index (χ0v) is 18.4. The molecule has 31 heavy (non-hydrogen) atoms. The van der Waals surface area contributed by atoms with Crippen LogP contribution in [0.1, 0.15) is 39.2 Å². The van der Waals surface area contributed by atoms with Gasteiger partial charge in [0.15, 0.2) is 11.5 Å². The van der Waals surface area contributed by atoms with Crippen LogP contribution in [0.4, 0.5) is 0 Å². The average Bonchev–Trinajstić information content (AvgIpc) is 3.26. The molecule has 0 aliphatic carbocycles. The molecule has 2 amide bonds. The summed E-state index contributed by atoms with van der Waals surface area (Å²) in [6.45, 7) is 7.08. The Hall–Kier alpha value is -3.11. The minimum Gasteiger partial charge on any atom is -0.493 e. The largest absolute Gasteiger partial charge is 0.493 e. The molecular formula is C24H28N2O5. The number of hydrogen-bond donors (Lipinski definition) is 0. The van der Waals surface area contributed by atoms with Crippen molar-refractivity contribution in [1.29, 1.82) is 5.26 Å². The van der Waals surface area contributed by atoms with E-state index in [1.54, 1.807) is 32.2 Å². The molecule has 3 rings (SSSR count). The lowest BCUT2D eigenvalue weighted by atomic mass is 9.93. The lowest BCUT2D eigenvalue weighted by Crippen LogP contribution is -2.46. The van der Waals surface area contributed by atoms with Crippen LogP contribution in [-0.4, -0.2) is 49.7 Å². The molecule has 2 heterocycles. The zero-order valence-electron chi connectivity index (χ0n) is 18.4. The highest BCUT2D eigenvalue weighted by atomic mass is 16.5. The minimum absolute atomic E-state index is 0.0206. The summed E-state index contributed by atoms with van der Waals surface area (Å²) in [7, 11) is 1.56. The Kier molecular flexibility index (Phi) is 7.13. The fraction of sp³-hybridized carbons (Fsp3) is 0.458. The van der Waals surface area contributed by atoms with Gasteiger partial charge in [0, 0.05) is 12.2 Å². The number of rotatable bonds is 7. The normalized spacial score (nSPS) is 20.6. The van der Waals surface area contributed by atoms with Crippen LogP contribution in [0.25, 0.3) is 6.08 Å². The number of methoxy groups -OCH3 is 1. The number of carbonyl (C=O) groups is 2. The fourth-order valence-corrected chi connectivity index (χ4v) is 3.60. The first-order chi connectivity index (χ1) is 14.8. The minimum atomic E-state index is -0.562. The van der Waals surface area contributed by atoms with Crippen LogP contribution < -0.4 is 9.47 Å². The Balaban J connectivity index is 1.95. The average molecular weight is 424 g/mol.